The predicted molar refractivity (Wildman–Crippen MR) is 136 cm³/mol. The van der Waals surface area contributed by atoms with E-state index in [1.165, 1.54) is 0 Å². The van der Waals surface area contributed by atoms with Gasteiger partial charge in [-0.15, -0.1) is 11.8 Å². The van der Waals surface area contributed by atoms with Crippen LogP contribution in [0.2, 0.25) is 15.1 Å². The average Bonchev–Trinajstić information content (AvgIpc) is 2.77. The van der Waals surface area contributed by atoms with Crippen LogP contribution in [0.3, 0.4) is 0 Å². The molecule has 0 bridgehead atoms. The van der Waals surface area contributed by atoms with Crippen molar-refractivity contribution in [2.24, 2.45) is 0 Å². The summed E-state index contributed by atoms with van der Waals surface area (Å²) >= 11 is 19.7. The largest absolute Gasteiger partial charge is 0.354 e. The maximum Gasteiger partial charge on any atom is 0.242 e. The van der Waals surface area contributed by atoms with E-state index in [0.717, 1.165) is 23.3 Å². The van der Waals surface area contributed by atoms with Gasteiger partial charge in [-0.1, -0.05) is 61.1 Å². The lowest BCUT2D eigenvalue weighted by atomic mass is 10.1. The maximum atomic E-state index is 13.2. The Morgan fingerprint density at radius 3 is 2.38 bits per heavy atom. The van der Waals surface area contributed by atoms with Crippen LogP contribution in [0.15, 0.2) is 47.4 Å². The van der Waals surface area contributed by atoms with Gasteiger partial charge in [0.05, 0.1) is 10.0 Å². The zero-order valence-corrected chi connectivity index (χ0v) is 21.5. The number of carbonyl (C=O) groups is 2. The molecule has 2 amide bonds. The first-order valence-corrected chi connectivity index (χ1v) is 12.9. The summed E-state index contributed by atoms with van der Waals surface area (Å²) in [6.07, 6.45) is 2.73. The average molecular weight is 516 g/mol. The van der Waals surface area contributed by atoms with Crippen LogP contribution in [0.1, 0.15) is 45.1 Å². The zero-order chi connectivity index (χ0) is 23.5. The van der Waals surface area contributed by atoms with E-state index in [0.29, 0.717) is 46.8 Å². The van der Waals surface area contributed by atoms with Gasteiger partial charge in [-0.25, -0.2) is 0 Å². The first kappa shape index (κ1) is 26.8. The van der Waals surface area contributed by atoms with Crippen LogP contribution >= 0.6 is 46.6 Å². The Bertz CT molecular complexity index is 893. The van der Waals surface area contributed by atoms with Gasteiger partial charge in [-0.05, 0) is 54.8 Å². The van der Waals surface area contributed by atoms with Gasteiger partial charge in [0.25, 0.3) is 0 Å². The molecule has 0 heterocycles. The fraction of sp³-hybridized carbons (Fsp3) is 0.417. The number of thioether (sulfide) groups is 1. The highest BCUT2D eigenvalue weighted by Gasteiger charge is 2.28. The number of nitrogens with one attached hydrogen (secondary N) is 1. The first-order chi connectivity index (χ1) is 15.3. The maximum absolute atomic E-state index is 13.2. The number of unbranched alkanes of at least 4 members (excludes halogenated alkanes) is 1. The van der Waals surface area contributed by atoms with Crippen LogP contribution in [0.5, 0.6) is 0 Å². The number of amides is 2. The van der Waals surface area contributed by atoms with Gasteiger partial charge in [0, 0.05) is 35.2 Å². The third-order valence-corrected chi connectivity index (χ3v) is 6.96. The molecule has 2 aromatic carbocycles. The number of rotatable bonds is 12. The van der Waals surface area contributed by atoms with Crippen molar-refractivity contribution in [2.75, 3.05) is 12.3 Å². The highest BCUT2D eigenvalue weighted by atomic mass is 35.5. The topological polar surface area (TPSA) is 49.4 Å². The molecule has 0 saturated heterocycles. The van der Waals surface area contributed by atoms with E-state index in [9.17, 15) is 9.59 Å². The molecule has 2 aromatic rings. The summed E-state index contributed by atoms with van der Waals surface area (Å²) in [7, 11) is 0. The van der Waals surface area contributed by atoms with Gasteiger partial charge in [-0.2, -0.15) is 0 Å². The molecule has 4 nitrogen and oxygen atoms in total. The summed E-state index contributed by atoms with van der Waals surface area (Å²) in [6, 6.07) is 12.3. The Labute approximate surface area is 210 Å². The number of carbonyl (C=O) groups excluding carboxylic acids is 2. The van der Waals surface area contributed by atoms with Crippen molar-refractivity contribution in [1.29, 1.82) is 0 Å². The smallest absolute Gasteiger partial charge is 0.242 e. The van der Waals surface area contributed by atoms with Crippen LogP contribution < -0.4 is 5.32 Å². The van der Waals surface area contributed by atoms with Gasteiger partial charge in [0.1, 0.15) is 6.04 Å². The van der Waals surface area contributed by atoms with Gasteiger partial charge in [0.2, 0.25) is 11.8 Å². The molecule has 8 heteroatoms. The number of halogens is 3. The molecule has 0 aromatic heterocycles. The molecule has 0 radical (unpaired) electrons. The summed E-state index contributed by atoms with van der Waals surface area (Å²) in [5, 5.41) is 4.53. The lowest BCUT2D eigenvalue weighted by Gasteiger charge is -2.31. The van der Waals surface area contributed by atoms with Crippen molar-refractivity contribution in [1.82, 2.24) is 10.2 Å². The first-order valence-electron chi connectivity index (χ1n) is 10.7. The van der Waals surface area contributed by atoms with E-state index in [1.807, 2.05) is 37.3 Å². The molecule has 2 rings (SSSR count). The molecule has 32 heavy (non-hydrogen) atoms. The van der Waals surface area contributed by atoms with Crippen molar-refractivity contribution < 1.29 is 9.59 Å². The van der Waals surface area contributed by atoms with Crippen molar-refractivity contribution >= 4 is 58.4 Å². The minimum absolute atomic E-state index is 0.0740. The zero-order valence-electron chi connectivity index (χ0n) is 18.4. The quantitative estimate of drug-likeness (QED) is 0.248. The van der Waals surface area contributed by atoms with E-state index in [2.05, 4.69) is 12.2 Å². The molecule has 0 saturated carbocycles. The van der Waals surface area contributed by atoms with E-state index < -0.39 is 6.04 Å². The molecule has 174 valence electrons. The van der Waals surface area contributed by atoms with E-state index in [4.69, 9.17) is 34.8 Å². The van der Waals surface area contributed by atoms with Crippen LogP contribution in [0, 0.1) is 0 Å². The standard InChI is InChI=1S/C24H29Cl3N2O2S/c1-3-5-13-28-24(31)22(4-2)29(16-17-6-11-20(26)21(27)15-17)23(30)12-14-32-19-9-7-18(25)8-10-19/h6-11,15,22H,3-5,12-14,16H2,1-2H3,(H,28,31). The monoisotopic (exact) mass is 514 g/mol. The number of hydrogen-bond acceptors (Lipinski definition) is 3. The Morgan fingerprint density at radius 1 is 1.03 bits per heavy atom. The Balaban J connectivity index is 2.12. The van der Waals surface area contributed by atoms with Crippen molar-refractivity contribution in [3.63, 3.8) is 0 Å². The third-order valence-electron chi connectivity index (χ3n) is 4.95. The predicted octanol–water partition coefficient (Wildman–Crippen LogP) is 6.85. The second-order valence-corrected chi connectivity index (χ2v) is 9.81. The van der Waals surface area contributed by atoms with Gasteiger partial charge in [0.15, 0.2) is 0 Å². The Morgan fingerprint density at radius 2 is 1.75 bits per heavy atom. The number of hydrogen-bond donors (Lipinski definition) is 1. The van der Waals surface area contributed by atoms with Gasteiger partial charge < -0.3 is 10.2 Å². The molecule has 1 atom stereocenters. The molecule has 0 fully saturated rings. The second kappa shape index (κ2) is 14.0. The summed E-state index contributed by atoms with van der Waals surface area (Å²) in [6.45, 7) is 4.89. The van der Waals surface area contributed by atoms with Crippen LogP contribution in [-0.4, -0.2) is 35.1 Å². The van der Waals surface area contributed by atoms with Crippen LogP contribution in [0.25, 0.3) is 0 Å². The Hall–Kier alpha value is -1.40. The summed E-state index contributed by atoms with van der Waals surface area (Å²) in [4.78, 5) is 28.8. The lowest BCUT2D eigenvalue weighted by molar-refractivity contribution is -0.141. The Kier molecular flexibility index (Phi) is 11.7. The van der Waals surface area contributed by atoms with Crippen LogP contribution in [0.4, 0.5) is 0 Å². The minimum atomic E-state index is -0.547. The molecule has 0 aliphatic heterocycles. The lowest BCUT2D eigenvalue weighted by Crippen LogP contribution is -2.49. The molecule has 0 aliphatic carbocycles. The summed E-state index contributed by atoms with van der Waals surface area (Å²) < 4.78 is 0. The summed E-state index contributed by atoms with van der Waals surface area (Å²) in [5.74, 6) is 0.404. The normalized spacial score (nSPS) is 11.8. The SMILES string of the molecule is CCCCNC(=O)C(CC)N(Cc1ccc(Cl)c(Cl)c1)C(=O)CCSc1ccc(Cl)cc1. The third kappa shape index (κ3) is 8.51. The van der Waals surface area contributed by atoms with E-state index >= 15 is 0 Å². The molecule has 1 N–H and O–H groups in total. The van der Waals surface area contributed by atoms with E-state index in [1.54, 1.807) is 28.8 Å². The summed E-state index contributed by atoms with van der Waals surface area (Å²) in [5.41, 5.74) is 0.831. The van der Waals surface area contributed by atoms with Crippen molar-refractivity contribution in [2.45, 2.75) is 57.0 Å². The number of benzene rings is 2. The number of nitrogens with zero attached hydrogens (tertiary/aromatic N) is 1. The molecular formula is C24H29Cl3N2O2S. The van der Waals surface area contributed by atoms with Crippen molar-refractivity contribution in [3.8, 4) is 0 Å². The van der Waals surface area contributed by atoms with E-state index in [-0.39, 0.29) is 11.8 Å². The molecule has 0 aliphatic rings. The highest BCUT2D eigenvalue weighted by molar-refractivity contribution is 7.99. The molecule has 1 unspecified atom stereocenters. The fourth-order valence-electron chi connectivity index (χ4n) is 3.19. The molecule has 0 spiro atoms. The minimum Gasteiger partial charge on any atom is -0.354 e. The van der Waals surface area contributed by atoms with Gasteiger partial charge in [-0.3, -0.25) is 9.59 Å². The van der Waals surface area contributed by atoms with Crippen molar-refractivity contribution in [3.05, 3.63) is 63.1 Å². The van der Waals surface area contributed by atoms with Crippen LogP contribution in [-0.2, 0) is 16.1 Å². The molecular weight excluding hydrogens is 487 g/mol. The second-order valence-electron chi connectivity index (χ2n) is 7.39. The fourth-order valence-corrected chi connectivity index (χ4v) is 4.48. The highest BCUT2D eigenvalue weighted by Crippen LogP contribution is 2.25. The van der Waals surface area contributed by atoms with Gasteiger partial charge >= 0.3 is 0 Å².